The third-order valence-electron chi connectivity index (χ3n) is 4.98. The number of halogens is 3. The minimum Gasteiger partial charge on any atom is -0.331 e. The highest BCUT2D eigenvalue weighted by Gasteiger charge is 2.32. The fraction of sp³-hybridized carbons (Fsp3) is 0.421. The first-order chi connectivity index (χ1) is 12.7. The molecule has 1 aliphatic heterocycles. The van der Waals surface area contributed by atoms with Crippen LogP contribution in [-0.2, 0) is 28.7 Å². The quantitative estimate of drug-likeness (QED) is 0.826. The summed E-state index contributed by atoms with van der Waals surface area (Å²) in [6.45, 7) is 4.19. The highest BCUT2D eigenvalue weighted by Crippen LogP contribution is 2.33. The van der Waals surface area contributed by atoms with Gasteiger partial charge in [-0.3, -0.25) is 14.7 Å². The van der Waals surface area contributed by atoms with Crippen LogP contribution in [0.3, 0.4) is 0 Å². The fourth-order valence-corrected chi connectivity index (χ4v) is 3.08. The minimum absolute atomic E-state index is 0.212. The van der Waals surface area contributed by atoms with Crippen LogP contribution in [0.1, 0.15) is 37.1 Å². The van der Waals surface area contributed by atoms with Crippen molar-refractivity contribution in [2.45, 2.75) is 39.4 Å². The molecule has 1 aromatic heterocycles. The molecule has 8 heteroatoms. The number of alkyl halides is 3. The van der Waals surface area contributed by atoms with Crippen LogP contribution in [0.2, 0.25) is 0 Å². The van der Waals surface area contributed by atoms with Crippen LogP contribution < -0.4 is 0 Å². The zero-order valence-electron chi connectivity index (χ0n) is 15.1. The summed E-state index contributed by atoms with van der Waals surface area (Å²) in [6, 6.07) is 4.75. The Bertz CT molecular complexity index is 856. The van der Waals surface area contributed by atoms with Crippen molar-refractivity contribution in [1.82, 2.24) is 15.1 Å². The number of rotatable bonds is 4. The maximum absolute atomic E-state index is 12.7. The first-order valence-electron chi connectivity index (χ1n) is 8.79. The molecule has 1 aromatic carbocycles. The van der Waals surface area contributed by atoms with E-state index in [-0.39, 0.29) is 12.5 Å². The van der Waals surface area contributed by atoms with Gasteiger partial charge in [0, 0.05) is 35.7 Å². The summed E-state index contributed by atoms with van der Waals surface area (Å²) in [5.74, 6) is -1.27. The first kappa shape index (κ1) is 19.1. The van der Waals surface area contributed by atoms with E-state index in [4.69, 9.17) is 0 Å². The van der Waals surface area contributed by atoms with E-state index < -0.39 is 23.4 Å². The van der Waals surface area contributed by atoms with Crippen molar-refractivity contribution >= 4 is 11.7 Å². The van der Waals surface area contributed by atoms with Crippen LogP contribution in [0.5, 0.6) is 0 Å². The van der Waals surface area contributed by atoms with Crippen LogP contribution in [0.15, 0.2) is 24.3 Å². The Morgan fingerprint density at radius 3 is 2.52 bits per heavy atom. The second-order valence-corrected chi connectivity index (χ2v) is 6.75. The number of nitrogens with one attached hydrogen (secondary N) is 1. The Hall–Kier alpha value is -2.64. The molecule has 0 saturated carbocycles. The molecule has 0 spiro atoms. The molecule has 1 N–H and O–H groups in total. The number of carbonyl (C=O) groups excluding carboxylic acids is 2. The van der Waals surface area contributed by atoms with E-state index in [0.717, 1.165) is 23.4 Å². The van der Waals surface area contributed by atoms with E-state index in [1.54, 1.807) is 6.92 Å². The van der Waals surface area contributed by atoms with Gasteiger partial charge in [0.2, 0.25) is 5.78 Å². The zero-order chi connectivity index (χ0) is 19.8. The molecule has 1 amide bonds. The lowest BCUT2D eigenvalue weighted by Crippen LogP contribution is -2.41. The summed E-state index contributed by atoms with van der Waals surface area (Å²) >= 11 is 0. The van der Waals surface area contributed by atoms with Gasteiger partial charge < -0.3 is 4.90 Å². The third kappa shape index (κ3) is 3.74. The number of ketones is 1. The molecule has 5 nitrogen and oxygen atoms in total. The van der Waals surface area contributed by atoms with Crippen molar-refractivity contribution in [3.63, 3.8) is 0 Å². The molecular weight excluding hydrogens is 359 g/mol. The number of carbonyl (C=O) groups is 2. The molecule has 0 bridgehead atoms. The van der Waals surface area contributed by atoms with Crippen LogP contribution in [0.25, 0.3) is 11.3 Å². The number of hydrogen-bond acceptors (Lipinski definition) is 3. The van der Waals surface area contributed by atoms with Gasteiger partial charge in [-0.25, -0.2) is 0 Å². The van der Waals surface area contributed by atoms with E-state index in [1.165, 1.54) is 17.0 Å². The van der Waals surface area contributed by atoms with Crippen LogP contribution in [0.4, 0.5) is 13.2 Å². The average Bonchev–Trinajstić information content (AvgIpc) is 3.08. The van der Waals surface area contributed by atoms with Crippen LogP contribution in [-0.4, -0.2) is 33.3 Å². The van der Waals surface area contributed by atoms with Gasteiger partial charge >= 0.3 is 6.18 Å². The number of benzene rings is 1. The summed E-state index contributed by atoms with van der Waals surface area (Å²) in [5.41, 5.74) is 1.89. The third-order valence-corrected chi connectivity index (χ3v) is 4.98. The summed E-state index contributed by atoms with van der Waals surface area (Å²) < 4.78 is 38.2. The molecule has 1 atom stereocenters. The number of aromatic nitrogens is 2. The number of hydrogen-bond donors (Lipinski definition) is 1. The topological polar surface area (TPSA) is 66.1 Å². The molecule has 0 unspecified atom stereocenters. The largest absolute Gasteiger partial charge is 0.416 e. The lowest BCUT2D eigenvalue weighted by Gasteiger charge is -2.27. The zero-order valence-corrected chi connectivity index (χ0v) is 15.1. The van der Waals surface area contributed by atoms with Gasteiger partial charge in [-0.1, -0.05) is 26.0 Å². The van der Waals surface area contributed by atoms with Crippen LogP contribution >= 0.6 is 0 Å². The smallest absolute Gasteiger partial charge is 0.331 e. The molecule has 0 fully saturated rings. The average molecular weight is 379 g/mol. The highest BCUT2D eigenvalue weighted by molar-refractivity contribution is 6.36. The maximum atomic E-state index is 12.7. The lowest BCUT2D eigenvalue weighted by atomic mass is 9.98. The van der Waals surface area contributed by atoms with Gasteiger partial charge in [0.25, 0.3) is 5.91 Å². The monoisotopic (exact) mass is 379 g/mol. The van der Waals surface area contributed by atoms with E-state index in [0.29, 0.717) is 30.6 Å². The van der Waals surface area contributed by atoms with Gasteiger partial charge in [0.1, 0.15) is 0 Å². The van der Waals surface area contributed by atoms with E-state index in [9.17, 15) is 22.8 Å². The Balaban J connectivity index is 1.85. The number of fused-ring (bicyclic) bond motifs is 1. The summed E-state index contributed by atoms with van der Waals surface area (Å²) in [6.07, 6.45) is -3.29. The lowest BCUT2D eigenvalue weighted by molar-refractivity contribution is -0.147. The van der Waals surface area contributed by atoms with E-state index in [1.807, 2.05) is 6.92 Å². The molecule has 27 heavy (non-hydrogen) atoms. The predicted octanol–water partition coefficient (Wildman–Crippen LogP) is 3.60. The maximum Gasteiger partial charge on any atom is 0.416 e. The summed E-state index contributed by atoms with van der Waals surface area (Å²) in [7, 11) is 0. The molecule has 1 aliphatic rings. The molecule has 144 valence electrons. The number of Topliss-reactive ketones (excluding diaryl/α,β-unsaturated/α-hetero) is 1. The summed E-state index contributed by atoms with van der Waals surface area (Å²) in [4.78, 5) is 26.1. The molecule has 0 saturated heterocycles. The van der Waals surface area contributed by atoms with Gasteiger partial charge in [-0.2, -0.15) is 18.3 Å². The molecule has 0 aliphatic carbocycles. The molecular formula is C19H20F3N3O2. The van der Waals surface area contributed by atoms with Gasteiger partial charge in [0.15, 0.2) is 0 Å². The Morgan fingerprint density at radius 2 is 1.93 bits per heavy atom. The van der Waals surface area contributed by atoms with Gasteiger partial charge in [-0.15, -0.1) is 0 Å². The summed E-state index contributed by atoms with van der Waals surface area (Å²) in [5, 5.41) is 7.12. The SMILES string of the molecule is CC[C@H](C)C(=O)C(=O)N1CCc2[nH]nc(-c3ccc(C(F)(F)F)cc3)c2C1. The Labute approximate surface area is 154 Å². The Kier molecular flexibility index (Phi) is 5.08. The fourth-order valence-electron chi connectivity index (χ4n) is 3.08. The van der Waals surface area contributed by atoms with Gasteiger partial charge in [-0.05, 0) is 18.6 Å². The Morgan fingerprint density at radius 1 is 1.26 bits per heavy atom. The normalized spacial score (nSPS) is 15.4. The number of H-pyrrole nitrogens is 1. The van der Waals surface area contributed by atoms with Crippen molar-refractivity contribution in [2.24, 2.45) is 5.92 Å². The first-order valence-corrected chi connectivity index (χ1v) is 8.79. The minimum atomic E-state index is -4.40. The molecule has 2 heterocycles. The molecule has 2 aromatic rings. The molecule has 0 radical (unpaired) electrons. The van der Waals surface area contributed by atoms with Crippen molar-refractivity contribution in [2.75, 3.05) is 6.54 Å². The van der Waals surface area contributed by atoms with Gasteiger partial charge in [0.05, 0.1) is 17.8 Å². The van der Waals surface area contributed by atoms with E-state index >= 15 is 0 Å². The van der Waals surface area contributed by atoms with Crippen LogP contribution in [0, 0.1) is 5.92 Å². The van der Waals surface area contributed by atoms with E-state index in [2.05, 4.69) is 10.2 Å². The second-order valence-electron chi connectivity index (χ2n) is 6.75. The standard InChI is InChI=1S/C19H20F3N3O2/c1-3-11(2)17(26)18(27)25-9-8-15-14(10-25)16(24-23-15)12-4-6-13(7-5-12)19(20,21)22/h4-7,11H,3,8-10H2,1-2H3,(H,23,24)/t11-/m0/s1. The van der Waals surface area contributed by atoms with Crippen molar-refractivity contribution in [3.8, 4) is 11.3 Å². The predicted molar refractivity (Wildman–Crippen MR) is 92.6 cm³/mol. The number of amides is 1. The second kappa shape index (κ2) is 7.17. The van der Waals surface area contributed by atoms with Crippen molar-refractivity contribution < 1.29 is 22.8 Å². The van der Waals surface area contributed by atoms with Crippen molar-refractivity contribution in [3.05, 3.63) is 41.1 Å². The molecule has 3 rings (SSSR count). The number of nitrogens with zero attached hydrogens (tertiary/aromatic N) is 2. The highest BCUT2D eigenvalue weighted by atomic mass is 19.4. The van der Waals surface area contributed by atoms with Crippen molar-refractivity contribution in [1.29, 1.82) is 0 Å². The number of aromatic amines is 1.